The van der Waals surface area contributed by atoms with E-state index in [4.69, 9.17) is 11.6 Å². The van der Waals surface area contributed by atoms with Crippen molar-refractivity contribution in [2.45, 2.75) is 6.04 Å². The Bertz CT molecular complexity index is 438. The van der Waals surface area contributed by atoms with Crippen LogP contribution in [0.1, 0.15) is 11.6 Å². The molecule has 2 rings (SSSR count). The number of nitrogens with zero attached hydrogens (tertiary/aromatic N) is 2. The largest absolute Gasteiger partial charge is 0.314 e. The van der Waals surface area contributed by atoms with Crippen LogP contribution in [-0.4, -0.2) is 31.1 Å². The zero-order valence-corrected chi connectivity index (χ0v) is 11.6. The Labute approximate surface area is 114 Å². The first-order valence-electron chi connectivity index (χ1n) is 5.51. The molecule has 0 amide bonds. The fraction of sp³-hybridized carbons (Fsp3) is 0.417. The summed E-state index contributed by atoms with van der Waals surface area (Å²) >= 11 is 9.39. The first-order chi connectivity index (χ1) is 8.22. The average molecular weight is 315 g/mol. The van der Waals surface area contributed by atoms with Gasteiger partial charge in [-0.25, -0.2) is 0 Å². The van der Waals surface area contributed by atoms with Crippen LogP contribution in [0.3, 0.4) is 0 Å². The van der Waals surface area contributed by atoms with Gasteiger partial charge in [-0.15, -0.1) is 0 Å². The van der Waals surface area contributed by atoms with Crippen LogP contribution in [0.15, 0.2) is 22.7 Å². The monoisotopic (exact) mass is 313 g/mol. The normalized spacial score (nSPS) is 18.6. The molecular formula is C12H13BrClN3. The molecule has 1 aliphatic rings. The summed E-state index contributed by atoms with van der Waals surface area (Å²) in [7, 11) is 0. The van der Waals surface area contributed by atoms with E-state index in [1.165, 1.54) is 0 Å². The first-order valence-corrected chi connectivity index (χ1v) is 6.69. The van der Waals surface area contributed by atoms with Crippen molar-refractivity contribution in [3.63, 3.8) is 0 Å². The summed E-state index contributed by atoms with van der Waals surface area (Å²) in [5.74, 6) is 0. The van der Waals surface area contributed by atoms with Gasteiger partial charge in [0.15, 0.2) is 0 Å². The van der Waals surface area contributed by atoms with Crippen LogP contribution >= 0.6 is 27.5 Å². The van der Waals surface area contributed by atoms with Gasteiger partial charge in [0.2, 0.25) is 0 Å². The maximum atomic E-state index is 9.36. The second-order valence-corrected chi connectivity index (χ2v) is 5.27. The van der Waals surface area contributed by atoms with Gasteiger partial charge in [-0.3, -0.25) is 4.90 Å². The van der Waals surface area contributed by atoms with Gasteiger partial charge in [0.1, 0.15) is 6.04 Å². The van der Waals surface area contributed by atoms with Crippen molar-refractivity contribution >= 4 is 27.5 Å². The topological polar surface area (TPSA) is 39.1 Å². The van der Waals surface area contributed by atoms with Crippen molar-refractivity contribution in [3.8, 4) is 6.07 Å². The lowest BCUT2D eigenvalue weighted by Crippen LogP contribution is -2.44. The lowest BCUT2D eigenvalue weighted by Gasteiger charge is -2.31. The number of benzene rings is 1. The molecule has 1 heterocycles. The molecule has 0 bridgehead atoms. The van der Waals surface area contributed by atoms with E-state index in [2.05, 4.69) is 32.2 Å². The van der Waals surface area contributed by atoms with E-state index in [9.17, 15) is 5.26 Å². The molecule has 3 nitrogen and oxygen atoms in total. The molecule has 1 aliphatic heterocycles. The molecule has 1 saturated heterocycles. The number of rotatable bonds is 2. The molecule has 0 radical (unpaired) electrons. The van der Waals surface area contributed by atoms with E-state index in [1.807, 2.05) is 18.2 Å². The molecule has 5 heteroatoms. The van der Waals surface area contributed by atoms with Gasteiger partial charge in [0.05, 0.1) is 6.07 Å². The lowest BCUT2D eigenvalue weighted by molar-refractivity contribution is 0.207. The van der Waals surface area contributed by atoms with Gasteiger partial charge in [-0.05, 0) is 17.7 Å². The van der Waals surface area contributed by atoms with Gasteiger partial charge in [0.25, 0.3) is 0 Å². The summed E-state index contributed by atoms with van der Waals surface area (Å²) in [6.45, 7) is 3.66. The van der Waals surface area contributed by atoms with Crippen molar-refractivity contribution in [3.05, 3.63) is 33.3 Å². The maximum Gasteiger partial charge on any atom is 0.125 e. The molecule has 90 valence electrons. The maximum absolute atomic E-state index is 9.36. The first kappa shape index (κ1) is 12.8. The zero-order chi connectivity index (χ0) is 12.3. The predicted octanol–water partition coefficient (Wildman–Crippen LogP) is 2.57. The number of hydrogen-bond donors (Lipinski definition) is 1. The van der Waals surface area contributed by atoms with Crippen LogP contribution in [-0.2, 0) is 0 Å². The summed E-state index contributed by atoms with van der Waals surface area (Å²) in [5.41, 5.74) is 0.985. The SMILES string of the molecule is N#CC(c1ccc(Cl)cc1Br)N1CCNCC1. The van der Waals surface area contributed by atoms with E-state index >= 15 is 0 Å². The van der Waals surface area contributed by atoms with Crippen molar-refractivity contribution in [1.29, 1.82) is 5.26 Å². The van der Waals surface area contributed by atoms with E-state index in [0.717, 1.165) is 36.2 Å². The van der Waals surface area contributed by atoms with Crippen LogP contribution in [0.2, 0.25) is 5.02 Å². The van der Waals surface area contributed by atoms with Gasteiger partial charge in [-0.1, -0.05) is 33.6 Å². The molecule has 1 atom stereocenters. The molecule has 1 N–H and O–H groups in total. The summed E-state index contributed by atoms with van der Waals surface area (Å²) in [4.78, 5) is 2.19. The third-order valence-corrected chi connectivity index (χ3v) is 3.82. The average Bonchev–Trinajstić information content (AvgIpc) is 2.34. The van der Waals surface area contributed by atoms with Gasteiger partial charge in [0, 0.05) is 35.7 Å². The summed E-state index contributed by atoms with van der Waals surface area (Å²) in [6, 6.07) is 7.75. The van der Waals surface area contributed by atoms with Crippen molar-refractivity contribution < 1.29 is 0 Å². The lowest BCUT2D eigenvalue weighted by atomic mass is 10.1. The van der Waals surface area contributed by atoms with E-state index in [-0.39, 0.29) is 6.04 Å². The van der Waals surface area contributed by atoms with E-state index in [0.29, 0.717) is 5.02 Å². The number of hydrogen-bond acceptors (Lipinski definition) is 3. The van der Waals surface area contributed by atoms with Crippen LogP contribution in [0.4, 0.5) is 0 Å². The minimum Gasteiger partial charge on any atom is -0.314 e. The van der Waals surface area contributed by atoms with Crippen LogP contribution in [0.25, 0.3) is 0 Å². The number of nitriles is 1. The highest BCUT2D eigenvalue weighted by Gasteiger charge is 2.23. The standard InChI is InChI=1S/C12H13BrClN3/c13-11-7-9(14)1-2-10(11)12(8-15)17-5-3-16-4-6-17/h1-2,7,12,16H,3-6H2. The molecule has 1 aromatic rings. The Kier molecular flexibility index (Phi) is 4.41. The Morgan fingerprint density at radius 3 is 2.71 bits per heavy atom. The van der Waals surface area contributed by atoms with Gasteiger partial charge >= 0.3 is 0 Å². The Morgan fingerprint density at radius 2 is 2.12 bits per heavy atom. The zero-order valence-electron chi connectivity index (χ0n) is 9.29. The van der Waals surface area contributed by atoms with Gasteiger partial charge in [-0.2, -0.15) is 5.26 Å². The minimum absolute atomic E-state index is 0.205. The fourth-order valence-electron chi connectivity index (χ4n) is 2.01. The highest BCUT2D eigenvalue weighted by molar-refractivity contribution is 9.10. The summed E-state index contributed by atoms with van der Waals surface area (Å²) in [6.07, 6.45) is 0. The van der Waals surface area contributed by atoms with Crippen molar-refractivity contribution in [2.24, 2.45) is 0 Å². The fourth-order valence-corrected chi connectivity index (χ4v) is 2.91. The second kappa shape index (κ2) is 5.83. The predicted molar refractivity (Wildman–Crippen MR) is 71.9 cm³/mol. The molecular weight excluding hydrogens is 302 g/mol. The third kappa shape index (κ3) is 2.99. The molecule has 0 saturated carbocycles. The quantitative estimate of drug-likeness (QED) is 0.912. The second-order valence-electron chi connectivity index (χ2n) is 3.98. The number of halogens is 2. The van der Waals surface area contributed by atoms with Crippen LogP contribution < -0.4 is 5.32 Å². The van der Waals surface area contributed by atoms with Crippen LogP contribution in [0, 0.1) is 11.3 Å². The molecule has 17 heavy (non-hydrogen) atoms. The molecule has 0 aliphatic carbocycles. The number of piperazine rings is 1. The molecule has 1 fully saturated rings. The molecule has 0 spiro atoms. The molecule has 1 aromatic carbocycles. The van der Waals surface area contributed by atoms with E-state index < -0.39 is 0 Å². The Morgan fingerprint density at radius 1 is 1.41 bits per heavy atom. The third-order valence-electron chi connectivity index (χ3n) is 2.90. The summed E-state index contributed by atoms with van der Waals surface area (Å²) < 4.78 is 0.898. The Hall–Kier alpha value is -0.600. The van der Waals surface area contributed by atoms with E-state index in [1.54, 1.807) is 0 Å². The smallest absolute Gasteiger partial charge is 0.125 e. The highest BCUT2D eigenvalue weighted by Crippen LogP contribution is 2.29. The highest BCUT2D eigenvalue weighted by atomic mass is 79.9. The molecule has 0 aromatic heterocycles. The Balaban J connectivity index is 2.25. The van der Waals surface area contributed by atoms with Crippen molar-refractivity contribution in [1.82, 2.24) is 10.2 Å². The minimum atomic E-state index is -0.205. The van der Waals surface area contributed by atoms with Gasteiger partial charge < -0.3 is 5.32 Å². The summed E-state index contributed by atoms with van der Waals surface area (Å²) in [5, 5.41) is 13.3. The number of nitrogens with one attached hydrogen (secondary N) is 1. The molecule has 1 unspecified atom stereocenters. The van der Waals surface area contributed by atoms with Crippen LogP contribution in [0.5, 0.6) is 0 Å². The van der Waals surface area contributed by atoms with Crippen molar-refractivity contribution in [2.75, 3.05) is 26.2 Å².